The van der Waals surface area contributed by atoms with Crippen molar-refractivity contribution >= 4 is 5.91 Å². The Hall–Kier alpha value is -1.56. The Kier molecular flexibility index (Phi) is 3.80. The number of benzene rings is 1. The van der Waals surface area contributed by atoms with Gasteiger partial charge in [0, 0.05) is 13.0 Å². The Morgan fingerprint density at radius 3 is 2.84 bits per heavy atom. The second kappa shape index (κ2) is 5.21. The van der Waals surface area contributed by atoms with Crippen LogP contribution in [-0.2, 0) is 11.3 Å². The number of amides is 1. The maximum atomic E-state index is 13.0. The molecular weight excluding hydrogens is 257 g/mol. The van der Waals surface area contributed by atoms with E-state index >= 15 is 0 Å². The fourth-order valence-corrected chi connectivity index (χ4v) is 2.03. The average Bonchev–Trinajstić information content (AvgIpc) is 2.71. The van der Waals surface area contributed by atoms with Crippen molar-refractivity contribution in [3.05, 3.63) is 35.1 Å². The summed E-state index contributed by atoms with van der Waals surface area (Å²) in [6.07, 6.45) is -0.485. The molecule has 1 aliphatic heterocycles. The van der Waals surface area contributed by atoms with Crippen molar-refractivity contribution in [1.82, 2.24) is 10.6 Å². The summed E-state index contributed by atoms with van der Waals surface area (Å²) in [4.78, 5) is 11.7. The third kappa shape index (κ3) is 3.47. The molecule has 1 atom stereocenters. The van der Waals surface area contributed by atoms with Crippen molar-refractivity contribution in [2.45, 2.75) is 31.9 Å². The molecule has 1 heterocycles. The largest absolute Gasteiger partial charge is 0.351 e. The Morgan fingerprint density at radius 1 is 1.53 bits per heavy atom. The lowest BCUT2D eigenvalue weighted by Gasteiger charge is -2.11. The van der Waals surface area contributed by atoms with Gasteiger partial charge in [-0.1, -0.05) is 12.1 Å². The molecule has 1 amide bonds. The van der Waals surface area contributed by atoms with Crippen LogP contribution in [0.5, 0.6) is 0 Å². The molecule has 1 saturated heterocycles. The first-order valence-corrected chi connectivity index (χ1v) is 6.01. The Labute approximate surface area is 109 Å². The van der Waals surface area contributed by atoms with E-state index in [4.69, 9.17) is 0 Å². The maximum absolute atomic E-state index is 13.0. The number of alkyl halides is 2. The number of nitrogens with one attached hydrogen (secondary N) is 2. The summed E-state index contributed by atoms with van der Waals surface area (Å²) >= 11 is 0. The molecule has 104 valence electrons. The highest BCUT2D eigenvalue weighted by atomic mass is 19.3. The van der Waals surface area contributed by atoms with Gasteiger partial charge in [-0.3, -0.25) is 10.1 Å². The van der Waals surface area contributed by atoms with Gasteiger partial charge in [0.1, 0.15) is 5.82 Å². The van der Waals surface area contributed by atoms with E-state index in [1.807, 2.05) is 0 Å². The molecule has 2 N–H and O–H groups in total. The second-order valence-electron chi connectivity index (χ2n) is 4.79. The predicted molar refractivity (Wildman–Crippen MR) is 64.3 cm³/mol. The maximum Gasteiger partial charge on any atom is 0.262 e. The van der Waals surface area contributed by atoms with Crippen LogP contribution in [0.25, 0.3) is 0 Å². The summed E-state index contributed by atoms with van der Waals surface area (Å²) in [6, 6.07) is 3.63. The van der Waals surface area contributed by atoms with Gasteiger partial charge < -0.3 is 5.32 Å². The van der Waals surface area contributed by atoms with Gasteiger partial charge in [-0.05, 0) is 24.1 Å². The molecule has 1 fully saturated rings. The molecule has 3 nitrogen and oxygen atoms in total. The zero-order chi connectivity index (χ0) is 14.0. The topological polar surface area (TPSA) is 41.1 Å². The van der Waals surface area contributed by atoms with Gasteiger partial charge in [0.05, 0.1) is 12.6 Å². The highest BCUT2D eigenvalue weighted by Gasteiger charge is 2.42. The number of hydrogen-bond donors (Lipinski definition) is 2. The van der Waals surface area contributed by atoms with Crippen molar-refractivity contribution in [3.8, 4) is 0 Å². The van der Waals surface area contributed by atoms with E-state index in [1.54, 1.807) is 19.1 Å². The Morgan fingerprint density at radius 2 is 2.26 bits per heavy atom. The highest BCUT2D eigenvalue weighted by molar-refractivity contribution is 5.82. The van der Waals surface area contributed by atoms with Crippen molar-refractivity contribution < 1.29 is 18.0 Å². The first-order chi connectivity index (χ1) is 8.87. The first kappa shape index (κ1) is 13.9. The van der Waals surface area contributed by atoms with E-state index in [-0.39, 0.29) is 12.4 Å². The number of rotatable bonds is 3. The molecule has 0 spiro atoms. The molecular formula is C13H15F3N2O. The Balaban J connectivity index is 1.88. The van der Waals surface area contributed by atoms with Gasteiger partial charge in [-0.25, -0.2) is 13.2 Å². The lowest BCUT2D eigenvalue weighted by molar-refractivity contribution is -0.123. The van der Waals surface area contributed by atoms with Crippen LogP contribution >= 0.6 is 0 Å². The number of aryl methyl sites for hydroxylation is 1. The molecule has 0 radical (unpaired) electrons. The highest BCUT2D eigenvalue weighted by Crippen LogP contribution is 2.25. The van der Waals surface area contributed by atoms with Gasteiger partial charge in [-0.2, -0.15) is 0 Å². The van der Waals surface area contributed by atoms with Crippen LogP contribution in [0.4, 0.5) is 13.2 Å². The molecule has 2 rings (SSSR count). The summed E-state index contributed by atoms with van der Waals surface area (Å²) < 4.78 is 38.9. The predicted octanol–water partition coefficient (Wildman–Crippen LogP) is 1.75. The smallest absolute Gasteiger partial charge is 0.262 e. The number of hydrogen-bond acceptors (Lipinski definition) is 2. The van der Waals surface area contributed by atoms with Crippen molar-refractivity contribution in [1.29, 1.82) is 0 Å². The van der Waals surface area contributed by atoms with Crippen LogP contribution in [0.3, 0.4) is 0 Å². The molecule has 0 saturated carbocycles. The third-order valence-electron chi connectivity index (χ3n) is 3.12. The van der Waals surface area contributed by atoms with Crippen LogP contribution in [-0.4, -0.2) is 24.4 Å². The van der Waals surface area contributed by atoms with E-state index < -0.39 is 30.8 Å². The fraction of sp³-hybridized carbons (Fsp3) is 0.462. The summed E-state index contributed by atoms with van der Waals surface area (Å²) in [6.45, 7) is 1.35. The SMILES string of the molecule is Cc1cc(CNC(=O)C2CC(F)(F)CN2)ccc1F. The zero-order valence-corrected chi connectivity index (χ0v) is 10.5. The molecule has 1 unspecified atom stereocenters. The number of halogens is 3. The molecule has 1 aromatic rings. The zero-order valence-electron chi connectivity index (χ0n) is 10.5. The summed E-state index contributed by atoms with van der Waals surface area (Å²) in [5, 5.41) is 5.05. The van der Waals surface area contributed by atoms with Gasteiger partial charge >= 0.3 is 0 Å². The minimum atomic E-state index is -2.82. The van der Waals surface area contributed by atoms with Gasteiger partial charge in [-0.15, -0.1) is 0 Å². The van der Waals surface area contributed by atoms with Crippen LogP contribution in [0.15, 0.2) is 18.2 Å². The van der Waals surface area contributed by atoms with E-state index in [1.165, 1.54) is 6.07 Å². The quantitative estimate of drug-likeness (QED) is 0.880. The van der Waals surface area contributed by atoms with Gasteiger partial charge in [0.15, 0.2) is 0 Å². The molecule has 1 aromatic carbocycles. The summed E-state index contributed by atoms with van der Waals surface area (Å²) in [5.41, 5.74) is 1.22. The first-order valence-electron chi connectivity index (χ1n) is 6.01. The lowest BCUT2D eigenvalue weighted by atomic mass is 10.1. The lowest BCUT2D eigenvalue weighted by Crippen LogP contribution is -2.40. The van der Waals surface area contributed by atoms with Gasteiger partial charge in [0.25, 0.3) is 5.92 Å². The van der Waals surface area contributed by atoms with Crippen LogP contribution in [0.1, 0.15) is 17.5 Å². The summed E-state index contributed by atoms with van der Waals surface area (Å²) in [7, 11) is 0. The van der Waals surface area contributed by atoms with E-state index in [0.717, 1.165) is 5.56 Å². The average molecular weight is 272 g/mol. The van der Waals surface area contributed by atoms with Gasteiger partial charge in [0.2, 0.25) is 5.91 Å². The van der Waals surface area contributed by atoms with Crippen LogP contribution in [0, 0.1) is 12.7 Å². The van der Waals surface area contributed by atoms with Crippen molar-refractivity contribution in [2.24, 2.45) is 0 Å². The molecule has 19 heavy (non-hydrogen) atoms. The number of carbonyl (C=O) groups is 1. The van der Waals surface area contributed by atoms with E-state index in [2.05, 4.69) is 10.6 Å². The van der Waals surface area contributed by atoms with Crippen LogP contribution in [0.2, 0.25) is 0 Å². The standard InChI is InChI=1S/C13H15F3N2O/c1-8-4-9(2-3-10(8)14)6-17-12(19)11-5-13(15,16)7-18-11/h2-4,11,18H,5-7H2,1H3,(H,17,19). The molecule has 1 aliphatic rings. The van der Waals surface area contributed by atoms with Crippen LogP contribution < -0.4 is 10.6 Å². The monoisotopic (exact) mass is 272 g/mol. The molecule has 0 bridgehead atoms. The minimum Gasteiger partial charge on any atom is -0.351 e. The van der Waals surface area contributed by atoms with Crippen molar-refractivity contribution in [2.75, 3.05) is 6.54 Å². The normalized spacial score (nSPS) is 21.4. The summed E-state index contributed by atoms with van der Waals surface area (Å²) in [5.74, 6) is -3.60. The third-order valence-corrected chi connectivity index (χ3v) is 3.12. The number of carbonyl (C=O) groups excluding carboxylic acids is 1. The Bertz CT molecular complexity index is 491. The second-order valence-corrected chi connectivity index (χ2v) is 4.79. The molecule has 0 aliphatic carbocycles. The fourth-order valence-electron chi connectivity index (χ4n) is 2.03. The van der Waals surface area contributed by atoms with E-state index in [9.17, 15) is 18.0 Å². The minimum absolute atomic E-state index is 0.198. The van der Waals surface area contributed by atoms with Crippen molar-refractivity contribution in [3.63, 3.8) is 0 Å². The molecule has 6 heteroatoms. The molecule has 0 aromatic heterocycles. The van der Waals surface area contributed by atoms with E-state index in [0.29, 0.717) is 5.56 Å².